The van der Waals surface area contributed by atoms with Gasteiger partial charge in [-0.3, -0.25) is 0 Å². The Morgan fingerprint density at radius 3 is 2.71 bits per heavy atom. The zero-order valence-corrected chi connectivity index (χ0v) is 11.3. The molecule has 1 aromatic rings. The molecule has 3 heteroatoms. The third-order valence-electron chi connectivity index (χ3n) is 3.23. The van der Waals surface area contributed by atoms with Crippen LogP contribution in [0, 0.1) is 0 Å². The third kappa shape index (κ3) is 4.70. The normalized spacial score (nSPS) is 17.4. The van der Waals surface area contributed by atoms with Crippen molar-refractivity contribution in [3.63, 3.8) is 0 Å². The number of thioether (sulfide) groups is 1. The molecule has 0 spiro atoms. The Balaban J connectivity index is 1.61. The number of nitrogens with zero attached hydrogens (tertiary/aromatic N) is 1. The second-order valence-electron chi connectivity index (χ2n) is 4.88. The van der Waals surface area contributed by atoms with E-state index in [0.29, 0.717) is 6.04 Å². The fraction of sp³-hybridized carbons (Fsp3) is 0.571. The molecule has 1 aliphatic carbocycles. The van der Waals surface area contributed by atoms with E-state index in [-0.39, 0.29) is 0 Å². The van der Waals surface area contributed by atoms with Gasteiger partial charge in [0.2, 0.25) is 0 Å². The summed E-state index contributed by atoms with van der Waals surface area (Å²) in [6, 6.07) is 11.7. The van der Waals surface area contributed by atoms with E-state index in [0.717, 1.165) is 24.8 Å². The van der Waals surface area contributed by atoms with Gasteiger partial charge in [-0.1, -0.05) is 18.2 Å². The van der Waals surface area contributed by atoms with Crippen molar-refractivity contribution in [1.29, 1.82) is 0 Å². The Kier molecular flexibility index (Phi) is 4.89. The highest BCUT2D eigenvalue weighted by Gasteiger charge is 2.25. The van der Waals surface area contributed by atoms with Crippen LogP contribution in [0.4, 0.5) is 0 Å². The van der Waals surface area contributed by atoms with Crippen molar-refractivity contribution in [1.82, 2.24) is 4.90 Å². The summed E-state index contributed by atoms with van der Waals surface area (Å²) >= 11 is 1.86. The SMILES string of the molecule is CN(CC[C@@H](N)CSc1ccccc1)C1CC1. The van der Waals surface area contributed by atoms with E-state index >= 15 is 0 Å². The van der Waals surface area contributed by atoms with Gasteiger partial charge in [0.1, 0.15) is 0 Å². The second-order valence-corrected chi connectivity index (χ2v) is 5.98. The van der Waals surface area contributed by atoms with Gasteiger partial charge in [-0.25, -0.2) is 0 Å². The van der Waals surface area contributed by atoms with Crippen LogP contribution < -0.4 is 5.73 Å². The van der Waals surface area contributed by atoms with Crippen molar-refractivity contribution >= 4 is 11.8 Å². The smallest absolute Gasteiger partial charge is 0.0146 e. The molecule has 0 radical (unpaired) electrons. The van der Waals surface area contributed by atoms with Crippen LogP contribution in [0.3, 0.4) is 0 Å². The van der Waals surface area contributed by atoms with Crippen molar-refractivity contribution < 1.29 is 0 Å². The van der Waals surface area contributed by atoms with E-state index in [1.165, 1.54) is 17.7 Å². The number of nitrogens with two attached hydrogens (primary N) is 1. The van der Waals surface area contributed by atoms with Crippen molar-refractivity contribution in [3.8, 4) is 0 Å². The predicted molar refractivity (Wildman–Crippen MR) is 75.4 cm³/mol. The van der Waals surface area contributed by atoms with Gasteiger partial charge in [0.25, 0.3) is 0 Å². The van der Waals surface area contributed by atoms with E-state index in [9.17, 15) is 0 Å². The molecule has 2 nitrogen and oxygen atoms in total. The maximum Gasteiger partial charge on any atom is 0.0146 e. The summed E-state index contributed by atoms with van der Waals surface area (Å²) in [5.41, 5.74) is 6.14. The maximum atomic E-state index is 6.14. The van der Waals surface area contributed by atoms with Gasteiger partial charge in [0.05, 0.1) is 0 Å². The summed E-state index contributed by atoms with van der Waals surface area (Å²) in [5.74, 6) is 1.02. The highest BCUT2D eigenvalue weighted by atomic mass is 32.2. The Labute approximate surface area is 109 Å². The highest BCUT2D eigenvalue weighted by Crippen LogP contribution is 2.25. The van der Waals surface area contributed by atoms with Crippen LogP contribution in [0.15, 0.2) is 35.2 Å². The fourth-order valence-electron chi connectivity index (χ4n) is 1.87. The summed E-state index contributed by atoms with van der Waals surface area (Å²) in [5, 5.41) is 0. The second kappa shape index (κ2) is 6.43. The molecule has 0 bridgehead atoms. The molecule has 17 heavy (non-hydrogen) atoms. The molecule has 0 aromatic heterocycles. The monoisotopic (exact) mass is 250 g/mol. The molecular weight excluding hydrogens is 228 g/mol. The Hall–Kier alpha value is -0.510. The van der Waals surface area contributed by atoms with Gasteiger partial charge in [-0.2, -0.15) is 0 Å². The lowest BCUT2D eigenvalue weighted by Gasteiger charge is -2.18. The lowest BCUT2D eigenvalue weighted by atomic mass is 10.2. The minimum Gasteiger partial charge on any atom is -0.327 e. The van der Waals surface area contributed by atoms with E-state index in [1.54, 1.807) is 0 Å². The molecule has 0 heterocycles. The minimum absolute atomic E-state index is 0.307. The lowest BCUT2D eigenvalue weighted by molar-refractivity contribution is 0.312. The van der Waals surface area contributed by atoms with Crippen LogP contribution in [0.25, 0.3) is 0 Å². The lowest BCUT2D eigenvalue weighted by Crippen LogP contribution is -2.30. The molecule has 1 saturated carbocycles. The Bertz CT molecular complexity index is 324. The van der Waals surface area contributed by atoms with Crippen LogP contribution in [-0.4, -0.2) is 36.3 Å². The first-order chi connectivity index (χ1) is 8.25. The van der Waals surface area contributed by atoms with E-state index in [1.807, 2.05) is 11.8 Å². The average molecular weight is 250 g/mol. The molecule has 1 fully saturated rings. The minimum atomic E-state index is 0.307. The molecule has 94 valence electrons. The molecule has 0 aliphatic heterocycles. The van der Waals surface area contributed by atoms with Crippen LogP contribution in [0.2, 0.25) is 0 Å². The quantitative estimate of drug-likeness (QED) is 0.754. The Morgan fingerprint density at radius 2 is 2.06 bits per heavy atom. The van der Waals surface area contributed by atoms with Gasteiger partial charge in [-0.15, -0.1) is 11.8 Å². The molecule has 2 N–H and O–H groups in total. The zero-order chi connectivity index (χ0) is 12.1. The highest BCUT2D eigenvalue weighted by molar-refractivity contribution is 7.99. The van der Waals surface area contributed by atoms with Gasteiger partial charge in [0, 0.05) is 22.7 Å². The van der Waals surface area contributed by atoms with Gasteiger partial charge in [-0.05, 0) is 45.0 Å². The van der Waals surface area contributed by atoms with E-state index < -0.39 is 0 Å². The van der Waals surface area contributed by atoms with E-state index in [4.69, 9.17) is 5.73 Å². The number of hydrogen-bond acceptors (Lipinski definition) is 3. The average Bonchev–Trinajstić information content (AvgIpc) is 3.19. The number of rotatable bonds is 7. The van der Waals surface area contributed by atoms with Crippen molar-refractivity contribution in [3.05, 3.63) is 30.3 Å². The summed E-state index contributed by atoms with van der Waals surface area (Å²) < 4.78 is 0. The molecule has 0 amide bonds. The predicted octanol–water partition coefficient (Wildman–Crippen LogP) is 2.59. The van der Waals surface area contributed by atoms with Gasteiger partial charge < -0.3 is 10.6 Å². The molecular formula is C14H22N2S. The fourth-order valence-corrected chi connectivity index (χ4v) is 2.79. The van der Waals surface area contributed by atoms with Crippen LogP contribution in [-0.2, 0) is 0 Å². The first-order valence-corrected chi connectivity index (χ1v) is 7.38. The van der Waals surface area contributed by atoms with Gasteiger partial charge >= 0.3 is 0 Å². The summed E-state index contributed by atoms with van der Waals surface area (Å²) in [7, 11) is 2.22. The van der Waals surface area contributed by atoms with Crippen molar-refractivity contribution in [2.75, 3.05) is 19.3 Å². The topological polar surface area (TPSA) is 29.3 Å². The summed E-state index contributed by atoms with van der Waals surface area (Å²) in [6.07, 6.45) is 3.86. The molecule has 0 unspecified atom stereocenters. The molecule has 2 rings (SSSR count). The number of hydrogen-bond donors (Lipinski definition) is 1. The molecule has 1 aliphatic rings. The first-order valence-electron chi connectivity index (χ1n) is 6.39. The molecule has 1 atom stereocenters. The van der Waals surface area contributed by atoms with E-state index in [2.05, 4.69) is 42.3 Å². The Morgan fingerprint density at radius 1 is 1.35 bits per heavy atom. The standard InChI is InChI=1S/C14H22N2S/c1-16(13-7-8-13)10-9-12(15)11-17-14-5-3-2-4-6-14/h2-6,12-13H,7-11,15H2,1H3/t12-/m1/s1. The van der Waals surface area contributed by atoms with Gasteiger partial charge in [0.15, 0.2) is 0 Å². The van der Waals surface area contributed by atoms with Crippen LogP contribution >= 0.6 is 11.8 Å². The largest absolute Gasteiger partial charge is 0.327 e. The first kappa shape index (κ1) is 12.9. The summed E-state index contributed by atoms with van der Waals surface area (Å²) in [6.45, 7) is 1.14. The summed E-state index contributed by atoms with van der Waals surface area (Å²) in [4.78, 5) is 3.77. The maximum absolute atomic E-state index is 6.14. The van der Waals surface area contributed by atoms with Crippen molar-refractivity contribution in [2.24, 2.45) is 5.73 Å². The number of benzene rings is 1. The molecule has 1 aromatic carbocycles. The van der Waals surface area contributed by atoms with Crippen LogP contribution in [0.1, 0.15) is 19.3 Å². The van der Waals surface area contributed by atoms with Crippen molar-refractivity contribution in [2.45, 2.75) is 36.2 Å². The molecule has 0 saturated heterocycles. The van der Waals surface area contributed by atoms with Crippen LogP contribution in [0.5, 0.6) is 0 Å². The zero-order valence-electron chi connectivity index (χ0n) is 10.5. The third-order valence-corrected chi connectivity index (χ3v) is 4.43.